The van der Waals surface area contributed by atoms with Crippen LogP contribution in [-0.2, 0) is 6.61 Å². The Bertz CT molecular complexity index is 757. The summed E-state index contributed by atoms with van der Waals surface area (Å²) in [5.41, 5.74) is 1.05. The summed E-state index contributed by atoms with van der Waals surface area (Å²) in [5.74, 6) is 0.0347. The van der Waals surface area contributed by atoms with Crippen LogP contribution >= 0.6 is 0 Å². The van der Waals surface area contributed by atoms with Crippen molar-refractivity contribution in [1.82, 2.24) is 4.98 Å². The van der Waals surface area contributed by atoms with Crippen LogP contribution in [0.4, 0.5) is 5.69 Å². The maximum absolute atomic E-state index is 10.6. The van der Waals surface area contributed by atoms with E-state index in [9.17, 15) is 10.1 Å². The highest BCUT2D eigenvalue weighted by Gasteiger charge is 2.13. The fourth-order valence-corrected chi connectivity index (χ4v) is 1.56. The van der Waals surface area contributed by atoms with Gasteiger partial charge in [-0.25, -0.2) is 4.98 Å². The Morgan fingerprint density at radius 3 is 2.52 bits per heavy atom. The number of hydrogen-bond donors (Lipinski definition) is 0. The second-order valence-electron chi connectivity index (χ2n) is 4.01. The molecule has 2 rings (SSSR count). The lowest BCUT2D eigenvalue weighted by molar-refractivity contribution is -0.385. The molecule has 2 aromatic rings. The monoisotopic (exact) mass is 280 g/mol. The summed E-state index contributed by atoms with van der Waals surface area (Å²) >= 11 is 0. The van der Waals surface area contributed by atoms with Crippen LogP contribution in [-0.4, -0.2) is 9.91 Å². The van der Waals surface area contributed by atoms with E-state index in [4.69, 9.17) is 15.3 Å². The first kappa shape index (κ1) is 14.0. The average Bonchev–Trinajstić information content (AvgIpc) is 2.53. The van der Waals surface area contributed by atoms with Crippen LogP contribution in [0.25, 0.3) is 0 Å². The second kappa shape index (κ2) is 6.13. The summed E-state index contributed by atoms with van der Waals surface area (Å²) in [6.45, 7) is 0.144. The van der Waals surface area contributed by atoms with Crippen molar-refractivity contribution < 1.29 is 9.66 Å². The van der Waals surface area contributed by atoms with Gasteiger partial charge in [0.15, 0.2) is 0 Å². The minimum Gasteiger partial charge on any atom is -0.472 e. The zero-order chi connectivity index (χ0) is 15.2. The van der Waals surface area contributed by atoms with E-state index in [1.54, 1.807) is 24.3 Å². The Morgan fingerprint density at radius 1 is 1.24 bits per heavy atom. The minimum atomic E-state index is -0.627. The average molecular weight is 280 g/mol. The van der Waals surface area contributed by atoms with Gasteiger partial charge >= 0.3 is 0 Å². The molecule has 102 valence electrons. The molecule has 0 bridgehead atoms. The Morgan fingerprint density at radius 2 is 1.95 bits per heavy atom. The molecule has 7 nitrogen and oxygen atoms in total. The molecule has 0 amide bonds. The van der Waals surface area contributed by atoms with Crippen molar-refractivity contribution in [2.45, 2.75) is 6.61 Å². The molecule has 0 fully saturated rings. The van der Waals surface area contributed by atoms with Crippen LogP contribution in [0.15, 0.2) is 36.5 Å². The van der Waals surface area contributed by atoms with E-state index in [1.165, 1.54) is 0 Å². The molecule has 0 atom stereocenters. The van der Waals surface area contributed by atoms with Gasteiger partial charge in [0.2, 0.25) is 5.88 Å². The summed E-state index contributed by atoms with van der Waals surface area (Å²) in [4.78, 5) is 13.8. The number of pyridine rings is 1. The smallest absolute Gasteiger partial charge is 0.289 e. The van der Waals surface area contributed by atoms with Crippen LogP contribution < -0.4 is 4.74 Å². The molecule has 0 saturated heterocycles. The van der Waals surface area contributed by atoms with Gasteiger partial charge in [0.1, 0.15) is 24.4 Å². The highest BCUT2D eigenvalue weighted by atomic mass is 16.6. The van der Waals surface area contributed by atoms with Crippen LogP contribution in [0.5, 0.6) is 5.88 Å². The molecule has 21 heavy (non-hydrogen) atoms. The molecule has 0 unspecified atom stereocenters. The first-order valence-corrected chi connectivity index (χ1v) is 5.80. The van der Waals surface area contributed by atoms with E-state index >= 15 is 0 Å². The van der Waals surface area contributed by atoms with Gasteiger partial charge in [-0.15, -0.1) is 0 Å². The number of hydrogen-bond acceptors (Lipinski definition) is 6. The summed E-state index contributed by atoms with van der Waals surface area (Å²) < 4.78 is 5.38. The van der Waals surface area contributed by atoms with Crippen molar-refractivity contribution in [3.8, 4) is 18.0 Å². The number of benzene rings is 1. The van der Waals surface area contributed by atoms with Gasteiger partial charge in [-0.1, -0.05) is 12.1 Å². The molecule has 1 heterocycles. The van der Waals surface area contributed by atoms with Crippen molar-refractivity contribution in [2.24, 2.45) is 0 Å². The summed E-state index contributed by atoms with van der Waals surface area (Å²) in [7, 11) is 0. The number of nitro groups is 1. The third kappa shape index (κ3) is 3.31. The molecule has 0 aliphatic carbocycles. The van der Waals surface area contributed by atoms with Crippen molar-refractivity contribution in [2.75, 3.05) is 0 Å². The van der Waals surface area contributed by atoms with E-state index in [-0.39, 0.29) is 23.7 Å². The van der Waals surface area contributed by atoms with E-state index in [0.29, 0.717) is 5.56 Å². The Kier molecular flexibility index (Phi) is 4.08. The molecule has 0 saturated carbocycles. The normalized spacial score (nSPS) is 9.43. The van der Waals surface area contributed by atoms with E-state index in [2.05, 4.69) is 4.98 Å². The van der Waals surface area contributed by atoms with Gasteiger partial charge in [-0.05, 0) is 17.7 Å². The largest absolute Gasteiger partial charge is 0.472 e. The zero-order valence-corrected chi connectivity index (χ0v) is 10.7. The maximum Gasteiger partial charge on any atom is 0.289 e. The predicted molar refractivity (Wildman–Crippen MR) is 71.1 cm³/mol. The Hall–Kier alpha value is -3.45. The highest BCUT2D eigenvalue weighted by molar-refractivity contribution is 5.45. The second-order valence-corrected chi connectivity index (χ2v) is 4.01. The topological polar surface area (TPSA) is 113 Å². The van der Waals surface area contributed by atoms with Gasteiger partial charge in [-0.2, -0.15) is 10.5 Å². The maximum atomic E-state index is 10.6. The molecule has 0 N–H and O–H groups in total. The predicted octanol–water partition coefficient (Wildman–Crippen LogP) is 2.31. The van der Waals surface area contributed by atoms with Gasteiger partial charge in [-0.3, -0.25) is 10.1 Å². The zero-order valence-electron chi connectivity index (χ0n) is 10.7. The lowest BCUT2D eigenvalue weighted by atomic mass is 10.1. The minimum absolute atomic E-state index is 0.00200. The fourth-order valence-electron chi connectivity index (χ4n) is 1.56. The highest BCUT2D eigenvalue weighted by Crippen LogP contribution is 2.21. The van der Waals surface area contributed by atoms with Gasteiger partial charge in [0.05, 0.1) is 16.6 Å². The number of nitrogens with zero attached hydrogens (tertiary/aromatic N) is 4. The SMILES string of the molecule is N#Cc1ccc(COc2ncc([N+](=O)[O-])cc2C#N)cc1. The van der Waals surface area contributed by atoms with E-state index in [0.717, 1.165) is 17.8 Å². The molecule has 0 aliphatic heterocycles. The molecule has 1 aromatic heterocycles. The van der Waals surface area contributed by atoms with Crippen LogP contribution in [0.2, 0.25) is 0 Å². The quantitative estimate of drug-likeness (QED) is 0.627. The molecule has 0 aliphatic rings. The van der Waals surface area contributed by atoms with E-state index in [1.807, 2.05) is 12.1 Å². The Balaban J connectivity index is 2.14. The summed E-state index contributed by atoms with van der Waals surface area (Å²) in [6.07, 6.45) is 1.04. The van der Waals surface area contributed by atoms with Crippen LogP contribution in [0.1, 0.15) is 16.7 Å². The number of rotatable bonds is 4. The first-order valence-electron chi connectivity index (χ1n) is 5.80. The van der Waals surface area contributed by atoms with Crippen LogP contribution in [0, 0.1) is 32.8 Å². The lowest BCUT2D eigenvalue weighted by Crippen LogP contribution is -2.00. The summed E-state index contributed by atoms with van der Waals surface area (Å²) in [6, 6.07) is 11.7. The molecule has 1 aromatic carbocycles. The Labute approximate surface area is 119 Å². The fraction of sp³-hybridized carbons (Fsp3) is 0.0714. The van der Waals surface area contributed by atoms with Crippen LogP contribution in [0.3, 0.4) is 0 Å². The number of nitriles is 2. The third-order valence-electron chi connectivity index (χ3n) is 2.63. The number of aromatic nitrogens is 1. The van der Waals surface area contributed by atoms with Crippen molar-refractivity contribution in [3.63, 3.8) is 0 Å². The number of ether oxygens (including phenoxy) is 1. The van der Waals surface area contributed by atoms with Gasteiger partial charge in [0.25, 0.3) is 5.69 Å². The molecular formula is C14H8N4O3. The van der Waals surface area contributed by atoms with Crippen molar-refractivity contribution in [3.05, 3.63) is 63.3 Å². The standard InChI is InChI=1S/C14H8N4O3/c15-6-10-1-3-11(4-2-10)9-21-14-12(7-16)5-13(8-17-14)18(19)20/h1-5,8H,9H2. The molecular weight excluding hydrogens is 272 g/mol. The van der Waals surface area contributed by atoms with Gasteiger partial charge < -0.3 is 4.74 Å². The van der Waals surface area contributed by atoms with Crippen molar-refractivity contribution >= 4 is 5.69 Å². The van der Waals surface area contributed by atoms with Crippen molar-refractivity contribution in [1.29, 1.82) is 10.5 Å². The van der Waals surface area contributed by atoms with Gasteiger partial charge in [0, 0.05) is 6.07 Å². The molecule has 7 heteroatoms. The summed E-state index contributed by atoms with van der Waals surface area (Å²) in [5, 5.41) is 28.3. The van der Waals surface area contributed by atoms with E-state index < -0.39 is 4.92 Å². The molecule has 0 spiro atoms. The molecule has 0 radical (unpaired) electrons. The lowest BCUT2D eigenvalue weighted by Gasteiger charge is -2.06. The first-order chi connectivity index (χ1) is 10.1. The third-order valence-corrected chi connectivity index (χ3v) is 2.63.